The Morgan fingerprint density at radius 3 is 1.46 bits per heavy atom. The van der Waals surface area contributed by atoms with E-state index in [1.165, 1.54) is 24.0 Å². The Balaban J connectivity index is 3.76. The molecule has 0 fully saturated rings. The van der Waals surface area contributed by atoms with Crippen molar-refractivity contribution in [1.82, 2.24) is 0 Å². The van der Waals surface area contributed by atoms with Gasteiger partial charge in [-0.05, 0) is 51.4 Å². The van der Waals surface area contributed by atoms with E-state index in [0.29, 0.717) is 13.2 Å². The second kappa shape index (κ2) is 16.6. The first-order valence-electron chi connectivity index (χ1n) is 9.83. The summed E-state index contributed by atoms with van der Waals surface area (Å²) >= 11 is 0. The molecule has 0 atom stereocenters. The van der Waals surface area contributed by atoms with Crippen LogP contribution >= 0.6 is 0 Å². The van der Waals surface area contributed by atoms with E-state index >= 15 is 0 Å². The van der Waals surface area contributed by atoms with Gasteiger partial charge in [-0.25, -0.2) is 4.79 Å². The second-order valence-corrected chi connectivity index (χ2v) is 6.20. The van der Waals surface area contributed by atoms with Gasteiger partial charge in [-0.3, -0.25) is 0 Å². The summed E-state index contributed by atoms with van der Waals surface area (Å²) in [4.78, 5) is 11.6. The van der Waals surface area contributed by atoms with E-state index in [1.54, 1.807) is 0 Å². The van der Waals surface area contributed by atoms with Crippen LogP contribution in [0.2, 0.25) is 0 Å². The van der Waals surface area contributed by atoms with Crippen LogP contribution in [0.5, 0.6) is 0 Å². The zero-order valence-corrected chi connectivity index (χ0v) is 16.4. The molecule has 0 saturated carbocycles. The maximum Gasteiger partial charge on any atom is 0.508 e. The van der Waals surface area contributed by atoms with Crippen molar-refractivity contribution in [1.29, 1.82) is 0 Å². The molecule has 24 heavy (non-hydrogen) atoms. The first kappa shape index (κ1) is 22.8. The summed E-state index contributed by atoms with van der Waals surface area (Å²) in [5.41, 5.74) is 2.95. The fourth-order valence-electron chi connectivity index (χ4n) is 2.83. The van der Waals surface area contributed by atoms with Gasteiger partial charge in [0.1, 0.15) is 0 Å². The Bertz CT molecular complexity index is 335. The van der Waals surface area contributed by atoms with Crippen LogP contribution in [0.4, 0.5) is 4.79 Å². The molecule has 0 aromatic carbocycles. The predicted molar refractivity (Wildman–Crippen MR) is 102 cm³/mol. The molecule has 0 saturated heterocycles. The summed E-state index contributed by atoms with van der Waals surface area (Å²) in [6.45, 7) is 9.59. The number of rotatable bonds is 14. The lowest BCUT2D eigenvalue weighted by atomic mass is 10.0. The SMILES string of the molecule is CCC=C(CCC)CCCOC(=O)OCCCC(=CCC)CCC. The second-order valence-electron chi connectivity index (χ2n) is 6.20. The quantitative estimate of drug-likeness (QED) is 0.195. The topological polar surface area (TPSA) is 35.5 Å². The summed E-state index contributed by atoms with van der Waals surface area (Å²) in [6, 6.07) is 0. The first-order valence-corrected chi connectivity index (χ1v) is 9.83. The molecule has 0 amide bonds. The van der Waals surface area contributed by atoms with Gasteiger partial charge in [0.05, 0.1) is 13.2 Å². The van der Waals surface area contributed by atoms with Gasteiger partial charge < -0.3 is 9.47 Å². The highest BCUT2D eigenvalue weighted by molar-refractivity contribution is 5.59. The van der Waals surface area contributed by atoms with E-state index in [1.807, 2.05) is 0 Å². The highest BCUT2D eigenvalue weighted by Crippen LogP contribution is 2.14. The minimum Gasteiger partial charge on any atom is -0.434 e. The molecule has 140 valence electrons. The number of hydrogen-bond donors (Lipinski definition) is 0. The number of hydrogen-bond acceptors (Lipinski definition) is 3. The minimum absolute atomic E-state index is 0.445. The van der Waals surface area contributed by atoms with Crippen molar-refractivity contribution < 1.29 is 14.3 Å². The third-order valence-electron chi connectivity index (χ3n) is 3.85. The Hall–Kier alpha value is -1.25. The Morgan fingerprint density at radius 1 is 0.708 bits per heavy atom. The summed E-state index contributed by atoms with van der Waals surface area (Å²) in [6.07, 6.45) is 14.6. The highest BCUT2D eigenvalue weighted by atomic mass is 16.7. The highest BCUT2D eigenvalue weighted by Gasteiger charge is 2.05. The smallest absolute Gasteiger partial charge is 0.434 e. The zero-order valence-electron chi connectivity index (χ0n) is 16.4. The van der Waals surface area contributed by atoms with E-state index in [9.17, 15) is 4.79 Å². The molecular formula is C21H38O3. The third kappa shape index (κ3) is 13.2. The third-order valence-corrected chi connectivity index (χ3v) is 3.85. The molecular weight excluding hydrogens is 300 g/mol. The molecule has 0 spiro atoms. The van der Waals surface area contributed by atoms with Crippen molar-refractivity contribution in [2.24, 2.45) is 0 Å². The molecule has 0 aromatic heterocycles. The summed E-state index contributed by atoms with van der Waals surface area (Å²) < 4.78 is 10.3. The van der Waals surface area contributed by atoms with Crippen LogP contribution in [0.1, 0.15) is 91.9 Å². The molecule has 0 bridgehead atoms. The van der Waals surface area contributed by atoms with Crippen molar-refractivity contribution in [3.8, 4) is 0 Å². The molecule has 3 heteroatoms. The minimum atomic E-state index is -0.525. The van der Waals surface area contributed by atoms with Gasteiger partial charge in [0.2, 0.25) is 0 Å². The van der Waals surface area contributed by atoms with Crippen LogP contribution in [-0.2, 0) is 9.47 Å². The maximum atomic E-state index is 11.6. The Morgan fingerprint density at radius 2 is 1.12 bits per heavy atom. The average molecular weight is 339 g/mol. The fraction of sp³-hybridized carbons (Fsp3) is 0.762. The van der Waals surface area contributed by atoms with Gasteiger partial charge in [-0.1, -0.05) is 63.8 Å². The lowest BCUT2D eigenvalue weighted by molar-refractivity contribution is 0.0538. The molecule has 0 radical (unpaired) electrons. The normalized spacial score (nSPS) is 12.3. The van der Waals surface area contributed by atoms with Crippen molar-refractivity contribution >= 4 is 6.16 Å². The maximum absolute atomic E-state index is 11.6. The number of carbonyl (C=O) groups excluding carboxylic acids is 1. The zero-order chi connectivity index (χ0) is 18.0. The monoisotopic (exact) mass is 338 g/mol. The number of allylic oxidation sites excluding steroid dienone is 4. The molecule has 0 rings (SSSR count). The van der Waals surface area contributed by atoms with Gasteiger partial charge >= 0.3 is 6.16 Å². The molecule has 0 unspecified atom stereocenters. The van der Waals surface area contributed by atoms with E-state index in [-0.39, 0.29) is 0 Å². The molecule has 0 N–H and O–H groups in total. The molecule has 3 nitrogen and oxygen atoms in total. The molecule has 0 aliphatic rings. The number of carbonyl (C=O) groups is 1. The number of ether oxygens (including phenoxy) is 2. The molecule has 0 aliphatic heterocycles. The van der Waals surface area contributed by atoms with Crippen LogP contribution < -0.4 is 0 Å². The molecule has 0 aliphatic carbocycles. The molecule has 0 heterocycles. The lowest BCUT2D eigenvalue weighted by Gasteiger charge is -2.09. The van der Waals surface area contributed by atoms with Crippen LogP contribution in [-0.4, -0.2) is 19.4 Å². The lowest BCUT2D eigenvalue weighted by Crippen LogP contribution is -2.09. The van der Waals surface area contributed by atoms with Gasteiger partial charge in [-0.15, -0.1) is 0 Å². The largest absolute Gasteiger partial charge is 0.508 e. The van der Waals surface area contributed by atoms with E-state index < -0.39 is 6.16 Å². The fourth-order valence-corrected chi connectivity index (χ4v) is 2.83. The van der Waals surface area contributed by atoms with Crippen molar-refractivity contribution in [2.45, 2.75) is 91.9 Å². The Kier molecular flexibility index (Phi) is 15.7. The van der Waals surface area contributed by atoms with Gasteiger partial charge in [0.25, 0.3) is 0 Å². The molecule has 0 aromatic rings. The standard InChI is InChI=1S/C21H38O3/c1-5-11-19(12-6-2)15-9-17-23-21(22)24-18-10-16-20(13-7-3)14-8-4/h11,13H,5-10,12,14-18H2,1-4H3. The van der Waals surface area contributed by atoms with Crippen molar-refractivity contribution in [3.63, 3.8) is 0 Å². The van der Waals surface area contributed by atoms with Gasteiger partial charge in [0.15, 0.2) is 0 Å². The Labute approximate surface area is 149 Å². The van der Waals surface area contributed by atoms with Crippen molar-refractivity contribution in [2.75, 3.05) is 13.2 Å². The van der Waals surface area contributed by atoms with Gasteiger partial charge in [-0.2, -0.15) is 0 Å². The van der Waals surface area contributed by atoms with Crippen LogP contribution in [0.25, 0.3) is 0 Å². The van der Waals surface area contributed by atoms with Crippen LogP contribution in [0.3, 0.4) is 0 Å². The van der Waals surface area contributed by atoms with Crippen LogP contribution in [0.15, 0.2) is 23.3 Å². The van der Waals surface area contributed by atoms with Crippen LogP contribution in [0, 0.1) is 0 Å². The predicted octanol–water partition coefficient (Wildman–Crippen LogP) is 6.97. The summed E-state index contributed by atoms with van der Waals surface area (Å²) in [5.74, 6) is 0. The van der Waals surface area contributed by atoms with E-state index in [4.69, 9.17) is 9.47 Å². The summed E-state index contributed by atoms with van der Waals surface area (Å²) in [5, 5.41) is 0. The van der Waals surface area contributed by atoms with E-state index in [2.05, 4.69) is 39.8 Å². The average Bonchev–Trinajstić information content (AvgIpc) is 2.56. The van der Waals surface area contributed by atoms with Gasteiger partial charge in [0, 0.05) is 0 Å². The summed E-state index contributed by atoms with van der Waals surface area (Å²) in [7, 11) is 0. The first-order chi connectivity index (χ1) is 11.7. The van der Waals surface area contributed by atoms with Crippen molar-refractivity contribution in [3.05, 3.63) is 23.3 Å². The van der Waals surface area contributed by atoms with E-state index in [0.717, 1.165) is 51.4 Å².